The molecule has 0 aromatic heterocycles. The number of rotatable bonds is 4. The molecule has 1 saturated heterocycles. The second-order valence-corrected chi connectivity index (χ2v) is 6.84. The minimum atomic E-state index is -0.594. The van der Waals surface area contributed by atoms with E-state index in [9.17, 15) is 13.6 Å². The molecule has 0 spiro atoms. The van der Waals surface area contributed by atoms with Crippen molar-refractivity contribution < 1.29 is 13.6 Å². The first-order valence-electron chi connectivity index (χ1n) is 8.74. The summed E-state index contributed by atoms with van der Waals surface area (Å²) < 4.78 is 27.9. The first-order chi connectivity index (χ1) is 12.4. The zero-order chi connectivity index (χ0) is 18.7. The van der Waals surface area contributed by atoms with Crippen LogP contribution in [0.25, 0.3) is 0 Å². The van der Waals surface area contributed by atoms with E-state index in [1.807, 2.05) is 0 Å². The smallest absolute Gasteiger partial charge is 0.258 e. The number of piperidine rings is 1. The van der Waals surface area contributed by atoms with E-state index < -0.39 is 17.5 Å². The summed E-state index contributed by atoms with van der Waals surface area (Å²) in [7, 11) is 2.08. The van der Waals surface area contributed by atoms with Crippen molar-refractivity contribution in [3.63, 3.8) is 0 Å². The fourth-order valence-corrected chi connectivity index (χ4v) is 3.25. The maximum Gasteiger partial charge on any atom is 0.258 e. The Morgan fingerprint density at radius 3 is 2.50 bits per heavy atom. The lowest BCUT2D eigenvalue weighted by molar-refractivity contribution is 0.102. The topological polar surface area (TPSA) is 44.4 Å². The summed E-state index contributed by atoms with van der Waals surface area (Å²) >= 11 is 0. The Hall–Kier alpha value is -2.47. The summed E-state index contributed by atoms with van der Waals surface area (Å²) in [5, 5.41) is 5.92. The fraction of sp³-hybridized carbons (Fsp3) is 0.350. The number of aryl methyl sites for hydroxylation is 1. The van der Waals surface area contributed by atoms with Crippen LogP contribution in [0.4, 0.5) is 20.2 Å². The van der Waals surface area contributed by atoms with E-state index >= 15 is 0 Å². The number of nitrogens with zero attached hydrogens (tertiary/aromatic N) is 1. The average Bonchev–Trinajstić information content (AvgIpc) is 2.56. The second-order valence-electron chi connectivity index (χ2n) is 6.84. The Kier molecular flexibility index (Phi) is 5.52. The van der Waals surface area contributed by atoms with Crippen LogP contribution in [0.5, 0.6) is 0 Å². The number of likely N-dealkylation sites (tertiary alicyclic amines) is 1. The largest absolute Gasteiger partial charge is 0.382 e. The Bertz CT molecular complexity index is 781. The summed E-state index contributed by atoms with van der Waals surface area (Å²) in [5.41, 5.74) is 1.42. The molecule has 0 atom stereocenters. The molecule has 1 aliphatic heterocycles. The van der Waals surface area contributed by atoms with Gasteiger partial charge in [-0.2, -0.15) is 0 Å². The van der Waals surface area contributed by atoms with Crippen molar-refractivity contribution in [1.29, 1.82) is 0 Å². The van der Waals surface area contributed by atoms with Crippen molar-refractivity contribution in [2.24, 2.45) is 0 Å². The molecule has 1 heterocycles. The molecular weight excluding hydrogens is 336 g/mol. The van der Waals surface area contributed by atoms with Crippen LogP contribution in [0.3, 0.4) is 0 Å². The number of halogens is 2. The van der Waals surface area contributed by atoms with Crippen LogP contribution in [0.2, 0.25) is 0 Å². The summed E-state index contributed by atoms with van der Waals surface area (Å²) in [6.45, 7) is 3.64. The molecule has 0 bridgehead atoms. The van der Waals surface area contributed by atoms with E-state index in [1.165, 1.54) is 18.2 Å². The summed E-state index contributed by atoms with van der Waals surface area (Å²) in [6.07, 6.45) is 1.95. The SMILES string of the molecule is Cc1cccc(F)c1C(=O)Nc1cc(F)cc(NC2CCN(C)CC2)c1. The number of anilines is 2. The minimum absolute atomic E-state index is 0.0263. The molecule has 26 heavy (non-hydrogen) atoms. The van der Waals surface area contributed by atoms with Gasteiger partial charge in [-0.05, 0) is 69.7 Å². The molecule has 2 aromatic rings. The molecule has 1 amide bonds. The number of nitrogens with one attached hydrogen (secondary N) is 2. The van der Waals surface area contributed by atoms with Crippen molar-refractivity contribution in [1.82, 2.24) is 4.90 Å². The minimum Gasteiger partial charge on any atom is -0.382 e. The highest BCUT2D eigenvalue weighted by atomic mass is 19.1. The average molecular weight is 359 g/mol. The van der Waals surface area contributed by atoms with Gasteiger partial charge in [-0.15, -0.1) is 0 Å². The van der Waals surface area contributed by atoms with Crippen molar-refractivity contribution >= 4 is 17.3 Å². The predicted molar refractivity (Wildman–Crippen MR) is 99.6 cm³/mol. The number of hydrogen-bond donors (Lipinski definition) is 2. The molecule has 6 heteroatoms. The Labute approximate surface area is 152 Å². The molecule has 0 saturated carbocycles. The van der Waals surface area contributed by atoms with Gasteiger partial charge in [0.1, 0.15) is 11.6 Å². The quantitative estimate of drug-likeness (QED) is 0.866. The lowest BCUT2D eigenvalue weighted by atomic mass is 10.0. The molecule has 2 N–H and O–H groups in total. The van der Waals surface area contributed by atoms with Crippen LogP contribution in [0.15, 0.2) is 36.4 Å². The van der Waals surface area contributed by atoms with E-state index in [4.69, 9.17) is 0 Å². The van der Waals surface area contributed by atoms with Crippen molar-refractivity contribution in [3.05, 3.63) is 59.2 Å². The molecule has 1 fully saturated rings. The second kappa shape index (κ2) is 7.83. The van der Waals surface area contributed by atoms with Gasteiger partial charge in [0, 0.05) is 17.4 Å². The number of carbonyl (C=O) groups excluding carboxylic acids is 1. The standard InChI is InChI=1S/C20H23F2N3O/c1-13-4-3-5-18(22)19(13)20(26)24-17-11-14(21)10-16(12-17)23-15-6-8-25(2)9-7-15/h3-5,10-12,15,23H,6-9H2,1-2H3,(H,24,26). The van der Waals surface area contributed by atoms with Crippen LogP contribution in [0.1, 0.15) is 28.8 Å². The monoisotopic (exact) mass is 359 g/mol. The third kappa shape index (κ3) is 4.38. The van der Waals surface area contributed by atoms with E-state index in [0.29, 0.717) is 16.9 Å². The third-order valence-corrected chi connectivity index (χ3v) is 4.69. The number of benzene rings is 2. The first-order valence-corrected chi connectivity index (χ1v) is 8.74. The van der Waals surface area contributed by atoms with E-state index in [-0.39, 0.29) is 11.6 Å². The van der Waals surface area contributed by atoms with Gasteiger partial charge in [-0.1, -0.05) is 12.1 Å². The lowest BCUT2D eigenvalue weighted by Crippen LogP contribution is -2.36. The third-order valence-electron chi connectivity index (χ3n) is 4.69. The van der Waals surface area contributed by atoms with E-state index in [0.717, 1.165) is 25.9 Å². The molecule has 4 nitrogen and oxygen atoms in total. The Balaban J connectivity index is 1.74. The molecule has 1 aliphatic rings. The Morgan fingerprint density at radius 1 is 1.12 bits per heavy atom. The van der Waals surface area contributed by atoms with Crippen LogP contribution >= 0.6 is 0 Å². The summed E-state index contributed by atoms with van der Waals surface area (Å²) in [5.74, 6) is -1.64. The van der Waals surface area contributed by atoms with Gasteiger partial charge in [0.25, 0.3) is 5.91 Å². The predicted octanol–water partition coefficient (Wildman–Crippen LogP) is 4.03. The maximum absolute atomic E-state index is 14.0. The Morgan fingerprint density at radius 2 is 1.81 bits per heavy atom. The van der Waals surface area contributed by atoms with Crippen molar-refractivity contribution in [3.8, 4) is 0 Å². The molecule has 138 valence electrons. The molecule has 0 unspecified atom stereocenters. The lowest BCUT2D eigenvalue weighted by Gasteiger charge is -2.30. The molecular formula is C20H23F2N3O. The molecule has 2 aromatic carbocycles. The zero-order valence-corrected chi connectivity index (χ0v) is 15.0. The fourth-order valence-electron chi connectivity index (χ4n) is 3.25. The molecule has 3 rings (SSSR count). The van der Waals surface area contributed by atoms with Crippen molar-refractivity contribution in [2.45, 2.75) is 25.8 Å². The number of amides is 1. The summed E-state index contributed by atoms with van der Waals surface area (Å²) in [4.78, 5) is 14.7. The van der Waals surface area contributed by atoms with E-state index in [1.54, 1.807) is 25.1 Å². The number of carbonyl (C=O) groups is 1. The van der Waals surface area contributed by atoms with Crippen LogP contribution in [-0.2, 0) is 0 Å². The van der Waals surface area contributed by atoms with Gasteiger partial charge in [-0.25, -0.2) is 8.78 Å². The van der Waals surface area contributed by atoms with Crippen LogP contribution in [-0.4, -0.2) is 37.0 Å². The maximum atomic E-state index is 14.0. The first kappa shape index (κ1) is 18.3. The van der Waals surface area contributed by atoms with Crippen LogP contribution in [0, 0.1) is 18.6 Å². The number of hydrogen-bond acceptors (Lipinski definition) is 3. The van der Waals surface area contributed by atoms with Gasteiger partial charge in [-0.3, -0.25) is 4.79 Å². The van der Waals surface area contributed by atoms with Gasteiger partial charge in [0.15, 0.2) is 0 Å². The molecule has 0 aliphatic carbocycles. The summed E-state index contributed by atoms with van der Waals surface area (Å²) in [6, 6.07) is 9.03. The zero-order valence-electron chi connectivity index (χ0n) is 15.0. The van der Waals surface area contributed by atoms with Gasteiger partial charge >= 0.3 is 0 Å². The van der Waals surface area contributed by atoms with Gasteiger partial charge < -0.3 is 15.5 Å². The highest BCUT2D eigenvalue weighted by Gasteiger charge is 2.18. The van der Waals surface area contributed by atoms with Crippen LogP contribution < -0.4 is 10.6 Å². The normalized spacial score (nSPS) is 15.7. The van der Waals surface area contributed by atoms with Crippen molar-refractivity contribution in [2.75, 3.05) is 30.8 Å². The van der Waals surface area contributed by atoms with Gasteiger partial charge in [0.2, 0.25) is 0 Å². The highest BCUT2D eigenvalue weighted by Crippen LogP contribution is 2.23. The van der Waals surface area contributed by atoms with E-state index in [2.05, 4.69) is 22.6 Å². The molecule has 0 radical (unpaired) electrons. The van der Waals surface area contributed by atoms with Gasteiger partial charge in [0.05, 0.1) is 5.56 Å². The highest BCUT2D eigenvalue weighted by molar-refractivity contribution is 6.05.